The van der Waals surface area contributed by atoms with Crippen LogP contribution in [-0.2, 0) is 0 Å². The second kappa shape index (κ2) is 6.00. The smallest absolute Gasteiger partial charge is 0.0450 e. The first kappa shape index (κ1) is 14.0. The zero-order chi connectivity index (χ0) is 13.0. The molecule has 17 heavy (non-hydrogen) atoms. The summed E-state index contributed by atoms with van der Waals surface area (Å²) < 4.78 is 0. The fourth-order valence-corrected chi connectivity index (χ4v) is 1.95. The Morgan fingerprint density at radius 3 is 2.41 bits per heavy atom. The summed E-state index contributed by atoms with van der Waals surface area (Å²) in [5, 5.41) is 0. The van der Waals surface area contributed by atoms with Gasteiger partial charge in [-0.1, -0.05) is 46.3 Å². The van der Waals surface area contributed by atoms with E-state index in [0.717, 1.165) is 5.69 Å². The van der Waals surface area contributed by atoms with E-state index in [4.69, 9.17) is 0 Å². The number of aryl methyl sites for hydroxylation is 1. The van der Waals surface area contributed by atoms with Crippen LogP contribution in [0.15, 0.2) is 18.2 Å². The number of hydrogen-bond acceptors (Lipinski definition) is 1. The lowest BCUT2D eigenvalue weighted by Crippen LogP contribution is -1.98. The Kier molecular flexibility index (Phi) is 4.92. The molecule has 0 amide bonds. The minimum Gasteiger partial charge on any atom is -0.257 e. The molecular formula is C16H25N. The average Bonchev–Trinajstić information content (AvgIpc) is 2.28. The molecule has 1 atom stereocenters. The largest absolute Gasteiger partial charge is 0.257 e. The molecule has 0 saturated heterocycles. The van der Waals surface area contributed by atoms with E-state index in [0.29, 0.717) is 11.8 Å². The molecule has 1 rings (SSSR count). The molecule has 0 aromatic carbocycles. The first-order valence-corrected chi connectivity index (χ1v) is 6.62. The summed E-state index contributed by atoms with van der Waals surface area (Å²) in [5.74, 6) is 1.14. The van der Waals surface area contributed by atoms with Crippen molar-refractivity contribution in [1.29, 1.82) is 0 Å². The lowest BCUT2D eigenvalue weighted by atomic mass is 9.98. The van der Waals surface area contributed by atoms with E-state index in [9.17, 15) is 0 Å². The second-order valence-electron chi connectivity index (χ2n) is 5.26. The summed E-state index contributed by atoms with van der Waals surface area (Å²) in [6, 6.07) is 4.37. The molecule has 0 aliphatic heterocycles. The van der Waals surface area contributed by atoms with Gasteiger partial charge in [0.15, 0.2) is 0 Å². The first-order chi connectivity index (χ1) is 7.95. The van der Waals surface area contributed by atoms with Crippen molar-refractivity contribution in [2.75, 3.05) is 0 Å². The fourth-order valence-electron chi connectivity index (χ4n) is 1.95. The zero-order valence-electron chi connectivity index (χ0n) is 12.0. The predicted octanol–water partition coefficient (Wildman–Crippen LogP) is 4.96. The fraction of sp³-hybridized carbons (Fsp3) is 0.562. The van der Waals surface area contributed by atoms with Gasteiger partial charge in [0.1, 0.15) is 0 Å². The molecule has 1 heteroatoms. The van der Waals surface area contributed by atoms with Crippen LogP contribution in [-0.4, -0.2) is 4.98 Å². The summed E-state index contributed by atoms with van der Waals surface area (Å²) >= 11 is 0. The van der Waals surface area contributed by atoms with Crippen molar-refractivity contribution in [3.63, 3.8) is 0 Å². The van der Waals surface area contributed by atoms with Crippen molar-refractivity contribution in [1.82, 2.24) is 4.98 Å². The van der Waals surface area contributed by atoms with E-state index in [2.05, 4.69) is 64.7 Å². The lowest BCUT2D eigenvalue weighted by Gasteiger charge is -2.11. The summed E-state index contributed by atoms with van der Waals surface area (Å²) in [5.41, 5.74) is 4.96. The standard InChI is InChI=1S/C16H25N/c1-7-12(4)10-13(5)15-8-9-16(11(2)3)17-14(15)6/h8-12H,7H2,1-6H3/b13-10-. The van der Waals surface area contributed by atoms with Gasteiger partial charge in [-0.2, -0.15) is 0 Å². The van der Waals surface area contributed by atoms with E-state index in [1.807, 2.05) is 0 Å². The Morgan fingerprint density at radius 1 is 1.29 bits per heavy atom. The van der Waals surface area contributed by atoms with Gasteiger partial charge in [-0.15, -0.1) is 0 Å². The predicted molar refractivity (Wildman–Crippen MR) is 76.2 cm³/mol. The van der Waals surface area contributed by atoms with Crippen LogP contribution in [0.3, 0.4) is 0 Å². The van der Waals surface area contributed by atoms with E-state index < -0.39 is 0 Å². The molecule has 0 spiro atoms. The van der Waals surface area contributed by atoms with Gasteiger partial charge < -0.3 is 0 Å². The maximum Gasteiger partial charge on any atom is 0.0450 e. The van der Waals surface area contributed by atoms with Crippen LogP contribution < -0.4 is 0 Å². The SMILES string of the molecule is CCC(C)/C=C(/C)c1ccc(C(C)C)nc1C. The van der Waals surface area contributed by atoms with E-state index >= 15 is 0 Å². The Morgan fingerprint density at radius 2 is 1.94 bits per heavy atom. The highest BCUT2D eigenvalue weighted by molar-refractivity contribution is 5.65. The number of pyridine rings is 1. The number of rotatable bonds is 4. The van der Waals surface area contributed by atoms with Gasteiger partial charge in [0.25, 0.3) is 0 Å². The van der Waals surface area contributed by atoms with Gasteiger partial charge in [0, 0.05) is 11.4 Å². The molecule has 0 fully saturated rings. The van der Waals surface area contributed by atoms with Crippen LogP contribution in [0.5, 0.6) is 0 Å². The molecule has 0 radical (unpaired) electrons. The third-order valence-electron chi connectivity index (χ3n) is 3.30. The molecule has 1 aromatic rings. The summed E-state index contributed by atoms with van der Waals surface area (Å²) in [6.07, 6.45) is 3.53. The van der Waals surface area contributed by atoms with Gasteiger partial charge in [0.05, 0.1) is 0 Å². The quantitative estimate of drug-likeness (QED) is 0.713. The maximum absolute atomic E-state index is 4.69. The summed E-state index contributed by atoms with van der Waals surface area (Å²) in [4.78, 5) is 4.69. The maximum atomic E-state index is 4.69. The van der Waals surface area contributed by atoms with Crippen LogP contribution in [0.1, 0.15) is 63.9 Å². The Balaban J connectivity index is 3.04. The first-order valence-electron chi connectivity index (χ1n) is 6.62. The van der Waals surface area contributed by atoms with E-state index in [1.165, 1.54) is 23.3 Å². The van der Waals surface area contributed by atoms with Crippen LogP contribution >= 0.6 is 0 Å². The van der Waals surface area contributed by atoms with Crippen LogP contribution in [0.25, 0.3) is 5.57 Å². The number of allylic oxidation sites excluding steroid dienone is 2. The highest BCUT2D eigenvalue weighted by atomic mass is 14.7. The molecule has 1 aromatic heterocycles. The normalized spacial score (nSPS) is 14.2. The Bertz CT molecular complexity index is 402. The van der Waals surface area contributed by atoms with Crippen molar-refractivity contribution < 1.29 is 0 Å². The minimum atomic E-state index is 0.501. The molecule has 0 aliphatic carbocycles. The molecule has 1 nitrogen and oxygen atoms in total. The van der Waals surface area contributed by atoms with Crippen molar-refractivity contribution in [3.8, 4) is 0 Å². The Hall–Kier alpha value is -1.11. The zero-order valence-corrected chi connectivity index (χ0v) is 12.0. The van der Waals surface area contributed by atoms with Crippen molar-refractivity contribution in [2.45, 2.75) is 53.9 Å². The summed E-state index contributed by atoms with van der Waals surface area (Å²) in [7, 11) is 0. The lowest BCUT2D eigenvalue weighted by molar-refractivity contribution is 0.699. The monoisotopic (exact) mass is 231 g/mol. The average molecular weight is 231 g/mol. The third-order valence-corrected chi connectivity index (χ3v) is 3.30. The van der Waals surface area contributed by atoms with Gasteiger partial charge in [-0.05, 0) is 42.9 Å². The van der Waals surface area contributed by atoms with Crippen LogP contribution in [0.2, 0.25) is 0 Å². The van der Waals surface area contributed by atoms with Crippen molar-refractivity contribution in [3.05, 3.63) is 35.2 Å². The van der Waals surface area contributed by atoms with Gasteiger partial charge in [-0.25, -0.2) is 0 Å². The Labute approximate surface area is 106 Å². The highest BCUT2D eigenvalue weighted by Crippen LogP contribution is 2.22. The molecule has 1 heterocycles. The van der Waals surface area contributed by atoms with E-state index in [1.54, 1.807) is 0 Å². The van der Waals surface area contributed by atoms with Gasteiger partial charge >= 0.3 is 0 Å². The van der Waals surface area contributed by atoms with Gasteiger partial charge in [-0.3, -0.25) is 4.98 Å². The third kappa shape index (κ3) is 3.69. The van der Waals surface area contributed by atoms with Crippen LogP contribution in [0, 0.1) is 12.8 Å². The van der Waals surface area contributed by atoms with E-state index in [-0.39, 0.29) is 0 Å². The minimum absolute atomic E-state index is 0.501. The highest BCUT2D eigenvalue weighted by Gasteiger charge is 2.07. The molecular weight excluding hydrogens is 206 g/mol. The van der Waals surface area contributed by atoms with Crippen molar-refractivity contribution in [2.24, 2.45) is 5.92 Å². The number of aromatic nitrogens is 1. The molecule has 0 saturated carbocycles. The van der Waals surface area contributed by atoms with Gasteiger partial charge in [0.2, 0.25) is 0 Å². The molecule has 1 unspecified atom stereocenters. The second-order valence-corrected chi connectivity index (χ2v) is 5.26. The topological polar surface area (TPSA) is 12.9 Å². The molecule has 0 N–H and O–H groups in total. The number of nitrogens with zero attached hydrogens (tertiary/aromatic N) is 1. The van der Waals surface area contributed by atoms with Crippen molar-refractivity contribution >= 4 is 5.57 Å². The number of hydrogen-bond donors (Lipinski definition) is 0. The molecule has 94 valence electrons. The summed E-state index contributed by atoms with van der Waals surface area (Å²) in [6.45, 7) is 13.1. The van der Waals surface area contributed by atoms with Crippen LogP contribution in [0.4, 0.5) is 0 Å². The molecule has 0 aliphatic rings. The molecule has 0 bridgehead atoms.